The van der Waals surface area contributed by atoms with Crippen LogP contribution in [0.15, 0.2) is 36.0 Å². The standard InChI is InChI=1S/C29H42N4OS.CH5N/c1-19(2)12-28(34)33-17-20(3)13-27(33)21(4)31-16-25-7-6-24(29-22(5)32-18-35-29)15-26(25)14-23-8-10-30-11-9-23;1-2/h6-7,15,18-20,23,27,30-31H,4,8-14,16-17H2,1-3,5H3;2H2,1H3. The molecule has 0 aliphatic carbocycles. The third kappa shape index (κ3) is 7.88. The van der Waals surface area contributed by atoms with E-state index in [9.17, 15) is 4.79 Å². The summed E-state index contributed by atoms with van der Waals surface area (Å²) < 4.78 is 0. The molecule has 2 saturated heterocycles. The van der Waals surface area contributed by atoms with E-state index in [1.54, 1.807) is 11.3 Å². The Morgan fingerprint density at radius 1 is 1.27 bits per heavy atom. The maximum absolute atomic E-state index is 12.9. The van der Waals surface area contributed by atoms with E-state index in [-0.39, 0.29) is 11.9 Å². The van der Waals surface area contributed by atoms with Crippen LogP contribution in [0, 0.1) is 24.7 Å². The molecule has 4 rings (SSSR count). The molecule has 0 spiro atoms. The van der Waals surface area contributed by atoms with E-state index in [0.717, 1.165) is 56.3 Å². The van der Waals surface area contributed by atoms with Crippen LogP contribution in [0.4, 0.5) is 0 Å². The number of nitrogens with zero attached hydrogens (tertiary/aromatic N) is 2. The Kier molecular flexibility index (Phi) is 11.2. The highest BCUT2D eigenvalue weighted by molar-refractivity contribution is 7.13. The lowest BCUT2D eigenvalue weighted by molar-refractivity contribution is -0.132. The third-order valence-corrected chi connectivity index (χ3v) is 8.48. The lowest BCUT2D eigenvalue weighted by Crippen LogP contribution is -2.40. The normalized spacial score (nSPS) is 20.0. The number of benzene rings is 1. The minimum absolute atomic E-state index is 0.0863. The minimum Gasteiger partial charge on any atom is -0.383 e. The number of rotatable bonds is 9. The fourth-order valence-electron chi connectivity index (χ4n) is 5.55. The van der Waals surface area contributed by atoms with Gasteiger partial charge in [-0.1, -0.05) is 39.5 Å². The van der Waals surface area contributed by atoms with Crippen molar-refractivity contribution in [2.24, 2.45) is 23.5 Å². The topological polar surface area (TPSA) is 83.3 Å². The van der Waals surface area contributed by atoms with E-state index in [1.807, 2.05) is 5.51 Å². The number of piperidine rings is 1. The molecule has 0 radical (unpaired) electrons. The number of carbonyl (C=O) groups excluding carboxylic acids is 1. The number of aromatic nitrogens is 1. The lowest BCUT2D eigenvalue weighted by atomic mass is 9.88. The first-order chi connectivity index (χ1) is 17.8. The largest absolute Gasteiger partial charge is 0.383 e. The monoisotopic (exact) mass is 525 g/mol. The van der Waals surface area contributed by atoms with E-state index in [0.29, 0.717) is 18.3 Å². The molecule has 2 aliphatic heterocycles. The van der Waals surface area contributed by atoms with E-state index in [1.165, 1.54) is 41.5 Å². The van der Waals surface area contributed by atoms with Crippen molar-refractivity contribution in [2.75, 3.05) is 26.7 Å². The number of likely N-dealkylation sites (tertiary alicyclic amines) is 1. The van der Waals surface area contributed by atoms with Crippen LogP contribution in [0.3, 0.4) is 0 Å². The molecular formula is C30H47N5OS. The molecule has 1 aromatic heterocycles. The zero-order valence-electron chi connectivity index (χ0n) is 23.5. The van der Waals surface area contributed by atoms with Gasteiger partial charge in [0.15, 0.2) is 0 Å². The predicted octanol–water partition coefficient (Wildman–Crippen LogP) is 5.12. The molecule has 204 valence electrons. The van der Waals surface area contributed by atoms with Crippen LogP contribution in [0.1, 0.15) is 63.3 Å². The molecule has 0 saturated carbocycles. The van der Waals surface area contributed by atoms with Gasteiger partial charge in [-0.2, -0.15) is 0 Å². The number of nitrogens with one attached hydrogen (secondary N) is 2. The van der Waals surface area contributed by atoms with Gasteiger partial charge in [0.1, 0.15) is 0 Å². The van der Waals surface area contributed by atoms with Crippen molar-refractivity contribution in [3.63, 3.8) is 0 Å². The summed E-state index contributed by atoms with van der Waals surface area (Å²) in [5.74, 6) is 1.86. The average molecular weight is 526 g/mol. The Morgan fingerprint density at radius 3 is 2.65 bits per heavy atom. The molecule has 3 heterocycles. The van der Waals surface area contributed by atoms with Crippen molar-refractivity contribution in [3.05, 3.63) is 52.8 Å². The lowest BCUT2D eigenvalue weighted by Gasteiger charge is -2.28. The number of nitrogens with two attached hydrogens (primary N) is 1. The van der Waals surface area contributed by atoms with Crippen LogP contribution in [0.5, 0.6) is 0 Å². The summed E-state index contributed by atoms with van der Waals surface area (Å²) in [5.41, 5.74) is 12.5. The zero-order chi connectivity index (χ0) is 26.9. The Balaban J connectivity index is 0.00000186. The highest BCUT2D eigenvalue weighted by Gasteiger charge is 2.34. The van der Waals surface area contributed by atoms with Gasteiger partial charge in [0, 0.05) is 25.2 Å². The number of hydrogen-bond acceptors (Lipinski definition) is 6. The van der Waals surface area contributed by atoms with Crippen molar-refractivity contribution in [3.8, 4) is 10.4 Å². The SMILES string of the molecule is C=C(NCc1ccc(-c2scnc2C)cc1CC1CCNCC1)C1CC(C)CN1C(=O)CC(C)C.CN. The molecule has 6 nitrogen and oxygen atoms in total. The van der Waals surface area contributed by atoms with Gasteiger partial charge in [-0.05, 0) is 93.3 Å². The van der Waals surface area contributed by atoms with E-state index in [2.05, 4.69) is 78.7 Å². The minimum atomic E-state index is 0.0863. The fourth-order valence-corrected chi connectivity index (χ4v) is 6.35. The maximum atomic E-state index is 12.9. The van der Waals surface area contributed by atoms with Crippen molar-refractivity contribution in [1.29, 1.82) is 0 Å². The molecule has 4 N–H and O–H groups in total. The van der Waals surface area contributed by atoms with E-state index in [4.69, 9.17) is 0 Å². The van der Waals surface area contributed by atoms with Crippen LogP contribution in [0.2, 0.25) is 0 Å². The molecule has 2 atom stereocenters. The smallest absolute Gasteiger partial charge is 0.223 e. The Hall–Kier alpha value is -2.22. The van der Waals surface area contributed by atoms with Gasteiger partial charge in [0.2, 0.25) is 5.91 Å². The summed E-state index contributed by atoms with van der Waals surface area (Å²) in [6.07, 6.45) is 5.17. The zero-order valence-corrected chi connectivity index (χ0v) is 24.3. The molecule has 7 heteroatoms. The third-order valence-electron chi connectivity index (χ3n) is 7.50. The second kappa shape index (κ2) is 14.1. The molecule has 2 unspecified atom stereocenters. The quantitative estimate of drug-likeness (QED) is 0.423. The van der Waals surface area contributed by atoms with Crippen molar-refractivity contribution in [2.45, 2.75) is 72.4 Å². The fraction of sp³-hybridized carbons (Fsp3) is 0.600. The molecule has 1 amide bonds. The van der Waals surface area contributed by atoms with Crippen LogP contribution < -0.4 is 16.4 Å². The Bertz CT molecular complexity index is 1030. The summed E-state index contributed by atoms with van der Waals surface area (Å²) >= 11 is 1.72. The molecule has 1 aromatic carbocycles. The van der Waals surface area contributed by atoms with Gasteiger partial charge < -0.3 is 21.3 Å². The van der Waals surface area contributed by atoms with Crippen molar-refractivity contribution < 1.29 is 4.79 Å². The molecule has 2 aromatic rings. The first-order valence-corrected chi connectivity index (χ1v) is 14.7. The predicted molar refractivity (Wildman–Crippen MR) is 156 cm³/mol. The number of thiazole rings is 1. The van der Waals surface area contributed by atoms with Crippen molar-refractivity contribution in [1.82, 2.24) is 20.5 Å². The second-order valence-corrected chi connectivity index (χ2v) is 11.9. The van der Waals surface area contributed by atoms with Gasteiger partial charge in [0.05, 0.1) is 22.1 Å². The van der Waals surface area contributed by atoms with Crippen molar-refractivity contribution >= 4 is 17.2 Å². The van der Waals surface area contributed by atoms with E-state index >= 15 is 0 Å². The van der Waals surface area contributed by atoms with Gasteiger partial charge in [0.25, 0.3) is 0 Å². The molecular weight excluding hydrogens is 478 g/mol. The van der Waals surface area contributed by atoms with Gasteiger partial charge >= 0.3 is 0 Å². The van der Waals surface area contributed by atoms with Gasteiger partial charge in [-0.3, -0.25) is 4.79 Å². The number of aryl methyl sites for hydroxylation is 1. The summed E-state index contributed by atoms with van der Waals surface area (Å²) in [5, 5.41) is 7.13. The van der Waals surface area contributed by atoms with Crippen LogP contribution in [-0.4, -0.2) is 48.5 Å². The Labute approximate surface area is 228 Å². The number of hydrogen-bond donors (Lipinski definition) is 3. The average Bonchev–Trinajstić information content (AvgIpc) is 3.50. The summed E-state index contributed by atoms with van der Waals surface area (Å²) in [7, 11) is 1.50. The first kappa shape index (κ1) is 29.3. The molecule has 37 heavy (non-hydrogen) atoms. The van der Waals surface area contributed by atoms with Gasteiger partial charge in [-0.15, -0.1) is 11.3 Å². The maximum Gasteiger partial charge on any atom is 0.223 e. The van der Waals surface area contributed by atoms with Crippen LogP contribution >= 0.6 is 11.3 Å². The van der Waals surface area contributed by atoms with Gasteiger partial charge in [-0.25, -0.2) is 4.98 Å². The Morgan fingerprint density at radius 2 is 2.00 bits per heavy atom. The van der Waals surface area contributed by atoms with E-state index < -0.39 is 0 Å². The first-order valence-electron chi connectivity index (χ1n) is 13.8. The number of amides is 1. The second-order valence-electron chi connectivity index (χ2n) is 11.0. The van der Waals surface area contributed by atoms with Crippen LogP contribution in [0.25, 0.3) is 10.4 Å². The highest BCUT2D eigenvalue weighted by atomic mass is 32.1. The molecule has 0 bridgehead atoms. The summed E-state index contributed by atoms with van der Waals surface area (Å²) in [6, 6.07) is 6.99. The summed E-state index contributed by atoms with van der Waals surface area (Å²) in [6.45, 7) is 16.8. The summed E-state index contributed by atoms with van der Waals surface area (Å²) in [4.78, 5) is 20.7. The molecule has 2 aliphatic rings. The van der Waals surface area contributed by atoms with Crippen LogP contribution in [-0.2, 0) is 17.8 Å². The number of carbonyl (C=O) groups is 1. The highest BCUT2D eigenvalue weighted by Crippen LogP contribution is 2.32. The molecule has 2 fully saturated rings.